The second kappa shape index (κ2) is 8.81. The molecule has 0 aliphatic carbocycles. The number of rotatable bonds is 8. The molecule has 1 amide bonds. The zero-order chi connectivity index (χ0) is 19.2. The van der Waals surface area contributed by atoms with E-state index in [4.69, 9.17) is 16.0 Å². The highest BCUT2D eigenvalue weighted by molar-refractivity contribution is 6.33. The van der Waals surface area contributed by atoms with Crippen LogP contribution in [0.3, 0.4) is 0 Å². The van der Waals surface area contributed by atoms with Gasteiger partial charge in [-0.15, -0.1) is 10.2 Å². The Kier molecular flexibility index (Phi) is 6.24. The minimum atomic E-state index is 0.0258. The monoisotopic (exact) mass is 387 g/mol. The lowest BCUT2D eigenvalue weighted by atomic mass is 10.2. The van der Waals surface area contributed by atoms with Gasteiger partial charge in [0.15, 0.2) is 0 Å². The SMILES string of the molecule is CC(C)N(Cc1nnc(-c2ccccc2Cl)o1)C(=O)CCCn1cccn1. The van der Waals surface area contributed by atoms with Crippen LogP contribution >= 0.6 is 11.6 Å². The van der Waals surface area contributed by atoms with E-state index in [9.17, 15) is 4.79 Å². The Bertz CT molecular complexity index is 876. The normalized spacial score (nSPS) is 11.1. The molecule has 8 heteroatoms. The van der Waals surface area contributed by atoms with E-state index in [-0.39, 0.29) is 18.5 Å². The lowest BCUT2D eigenvalue weighted by Gasteiger charge is -2.25. The summed E-state index contributed by atoms with van der Waals surface area (Å²) in [5, 5.41) is 12.8. The molecule has 7 nitrogen and oxygen atoms in total. The van der Waals surface area contributed by atoms with E-state index in [1.54, 1.807) is 17.2 Å². The topological polar surface area (TPSA) is 77.0 Å². The van der Waals surface area contributed by atoms with Crippen LogP contribution in [0, 0.1) is 0 Å². The Morgan fingerprint density at radius 1 is 1.26 bits per heavy atom. The molecule has 2 aromatic heterocycles. The van der Waals surface area contributed by atoms with Gasteiger partial charge in [0, 0.05) is 31.4 Å². The third-order valence-corrected chi connectivity index (χ3v) is 4.49. The number of nitrogens with zero attached hydrogens (tertiary/aromatic N) is 5. The van der Waals surface area contributed by atoms with Crippen LogP contribution in [0.2, 0.25) is 5.02 Å². The summed E-state index contributed by atoms with van der Waals surface area (Å²) in [7, 11) is 0. The van der Waals surface area contributed by atoms with Crippen LogP contribution in [0.4, 0.5) is 0 Å². The van der Waals surface area contributed by atoms with Gasteiger partial charge in [-0.05, 0) is 38.5 Å². The number of amides is 1. The number of carbonyl (C=O) groups excluding carboxylic acids is 1. The molecule has 27 heavy (non-hydrogen) atoms. The number of benzene rings is 1. The first-order chi connectivity index (χ1) is 13.0. The second-order valence-corrected chi connectivity index (χ2v) is 6.88. The number of aryl methyl sites for hydroxylation is 1. The standard InChI is InChI=1S/C19H22ClN5O2/c1-14(2)25(18(26)9-5-11-24-12-6-10-21-24)13-17-22-23-19(27-17)15-7-3-4-8-16(15)20/h3-4,6-8,10,12,14H,5,9,11,13H2,1-2H3. The van der Waals surface area contributed by atoms with E-state index in [0.717, 1.165) is 6.42 Å². The van der Waals surface area contributed by atoms with Gasteiger partial charge >= 0.3 is 0 Å². The molecule has 3 rings (SSSR count). The third kappa shape index (κ3) is 4.95. The van der Waals surface area contributed by atoms with Gasteiger partial charge in [-0.25, -0.2) is 0 Å². The molecule has 0 spiro atoms. The maximum Gasteiger partial charge on any atom is 0.249 e. The minimum Gasteiger partial charge on any atom is -0.419 e. The summed E-state index contributed by atoms with van der Waals surface area (Å²) in [5.74, 6) is 0.791. The molecule has 1 aromatic carbocycles. The number of carbonyl (C=O) groups is 1. The molecule has 0 bridgehead atoms. The lowest BCUT2D eigenvalue weighted by Crippen LogP contribution is -2.36. The molecule has 0 radical (unpaired) electrons. The first-order valence-corrected chi connectivity index (χ1v) is 9.26. The molecular formula is C19H22ClN5O2. The van der Waals surface area contributed by atoms with Gasteiger partial charge in [0.05, 0.1) is 17.1 Å². The fourth-order valence-electron chi connectivity index (χ4n) is 2.73. The van der Waals surface area contributed by atoms with Crippen molar-refractivity contribution >= 4 is 17.5 Å². The van der Waals surface area contributed by atoms with Crippen LogP contribution in [0.25, 0.3) is 11.5 Å². The van der Waals surface area contributed by atoms with E-state index in [1.165, 1.54) is 0 Å². The van der Waals surface area contributed by atoms with E-state index < -0.39 is 0 Å². The average Bonchev–Trinajstić information content (AvgIpc) is 3.31. The van der Waals surface area contributed by atoms with E-state index in [2.05, 4.69) is 15.3 Å². The van der Waals surface area contributed by atoms with Gasteiger partial charge in [-0.1, -0.05) is 23.7 Å². The lowest BCUT2D eigenvalue weighted by molar-refractivity contribution is -0.134. The predicted molar refractivity (Wildman–Crippen MR) is 102 cm³/mol. The van der Waals surface area contributed by atoms with E-state index in [0.29, 0.717) is 35.3 Å². The van der Waals surface area contributed by atoms with Crippen molar-refractivity contribution in [2.45, 2.75) is 45.8 Å². The van der Waals surface area contributed by atoms with Crippen LogP contribution in [0.15, 0.2) is 47.1 Å². The molecule has 0 aliphatic heterocycles. The fraction of sp³-hybridized carbons (Fsp3) is 0.368. The summed E-state index contributed by atoms with van der Waals surface area (Å²) >= 11 is 6.17. The van der Waals surface area contributed by atoms with Gasteiger partial charge in [0.25, 0.3) is 0 Å². The predicted octanol–water partition coefficient (Wildman–Crippen LogP) is 3.80. The molecule has 0 unspecified atom stereocenters. The molecule has 0 fully saturated rings. The molecule has 0 saturated carbocycles. The van der Waals surface area contributed by atoms with Gasteiger partial charge in [0.2, 0.25) is 17.7 Å². The first kappa shape index (κ1) is 19.1. The maximum atomic E-state index is 12.6. The summed E-state index contributed by atoms with van der Waals surface area (Å²) < 4.78 is 7.55. The van der Waals surface area contributed by atoms with Crippen LogP contribution in [-0.4, -0.2) is 36.8 Å². The molecular weight excluding hydrogens is 366 g/mol. The van der Waals surface area contributed by atoms with Crippen molar-refractivity contribution in [1.82, 2.24) is 24.9 Å². The zero-order valence-electron chi connectivity index (χ0n) is 15.4. The number of aromatic nitrogens is 4. The molecule has 3 aromatic rings. The van der Waals surface area contributed by atoms with Gasteiger partial charge in [-0.2, -0.15) is 5.10 Å². The quantitative estimate of drug-likeness (QED) is 0.587. The third-order valence-electron chi connectivity index (χ3n) is 4.16. The van der Waals surface area contributed by atoms with Crippen molar-refractivity contribution in [3.8, 4) is 11.5 Å². The van der Waals surface area contributed by atoms with Crippen molar-refractivity contribution in [2.75, 3.05) is 0 Å². The largest absolute Gasteiger partial charge is 0.419 e. The highest BCUT2D eigenvalue weighted by Gasteiger charge is 2.20. The molecule has 0 saturated heterocycles. The van der Waals surface area contributed by atoms with Crippen molar-refractivity contribution < 1.29 is 9.21 Å². The van der Waals surface area contributed by atoms with Crippen molar-refractivity contribution in [3.05, 3.63) is 53.6 Å². The summed E-state index contributed by atoms with van der Waals surface area (Å²) in [6.07, 6.45) is 4.77. The molecule has 142 valence electrons. The van der Waals surface area contributed by atoms with Crippen molar-refractivity contribution in [1.29, 1.82) is 0 Å². The fourth-order valence-corrected chi connectivity index (χ4v) is 2.95. The Morgan fingerprint density at radius 2 is 2.07 bits per heavy atom. The molecule has 0 N–H and O–H groups in total. The van der Waals surface area contributed by atoms with E-state index in [1.807, 2.05) is 49.0 Å². The average molecular weight is 388 g/mol. The van der Waals surface area contributed by atoms with Crippen LogP contribution in [0.5, 0.6) is 0 Å². The van der Waals surface area contributed by atoms with Crippen molar-refractivity contribution in [2.24, 2.45) is 0 Å². The Morgan fingerprint density at radius 3 is 2.78 bits per heavy atom. The Balaban J connectivity index is 1.62. The number of hydrogen-bond acceptors (Lipinski definition) is 5. The summed E-state index contributed by atoms with van der Waals surface area (Å²) in [6, 6.07) is 9.18. The first-order valence-electron chi connectivity index (χ1n) is 8.89. The van der Waals surface area contributed by atoms with E-state index >= 15 is 0 Å². The number of halogens is 1. The zero-order valence-corrected chi connectivity index (χ0v) is 16.1. The second-order valence-electron chi connectivity index (χ2n) is 6.47. The smallest absolute Gasteiger partial charge is 0.249 e. The summed E-state index contributed by atoms with van der Waals surface area (Å²) in [6.45, 7) is 4.92. The van der Waals surface area contributed by atoms with Crippen LogP contribution < -0.4 is 0 Å². The Labute approximate surface area is 162 Å². The molecule has 0 aliphatic rings. The maximum absolute atomic E-state index is 12.6. The summed E-state index contributed by atoms with van der Waals surface area (Å²) in [4.78, 5) is 14.4. The molecule has 2 heterocycles. The summed E-state index contributed by atoms with van der Waals surface area (Å²) in [5.41, 5.74) is 0.680. The highest BCUT2D eigenvalue weighted by atomic mass is 35.5. The number of hydrogen-bond donors (Lipinski definition) is 0. The van der Waals surface area contributed by atoms with Crippen molar-refractivity contribution in [3.63, 3.8) is 0 Å². The van der Waals surface area contributed by atoms with Gasteiger partial charge in [0.1, 0.15) is 0 Å². The van der Waals surface area contributed by atoms with Gasteiger partial charge in [-0.3, -0.25) is 9.48 Å². The highest BCUT2D eigenvalue weighted by Crippen LogP contribution is 2.26. The van der Waals surface area contributed by atoms with Crippen LogP contribution in [0.1, 0.15) is 32.6 Å². The van der Waals surface area contributed by atoms with Gasteiger partial charge < -0.3 is 9.32 Å². The Hall–Kier alpha value is -2.67. The minimum absolute atomic E-state index is 0.0258. The molecule has 0 atom stereocenters. The van der Waals surface area contributed by atoms with Crippen LogP contribution in [-0.2, 0) is 17.9 Å².